The van der Waals surface area contributed by atoms with Crippen LogP contribution in [0.1, 0.15) is 29.0 Å². The largest absolute Gasteiger partial charge is 0.275 e. The number of hydrazone groups is 1. The van der Waals surface area contributed by atoms with Crippen LogP contribution in [0, 0.1) is 23.0 Å². The van der Waals surface area contributed by atoms with E-state index in [4.69, 9.17) is 5.26 Å². The van der Waals surface area contributed by atoms with Crippen LogP contribution >= 0.6 is 0 Å². The highest BCUT2D eigenvalue weighted by Crippen LogP contribution is 2.39. The van der Waals surface area contributed by atoms with Crippen molar-refractivity contribution in [2.75, 3.05) is 6.54 Å². The summed E-state index contributed by atoms with van der Waals surface area (Å²) in [6.07, 6.45) is 5.67. The number of benzene rings is 2. The molecule has 0 bridgehead atoms. The van der Waals surface area contributed by atoms with Crippen LogP contribution in [0.4, 0.5) is 8.78 Å². The Hall–Kier alpha value is -4.12. The second-order valence-electron chi connectivity index (χ2n) is 7.61. The Morgan fingerprint density at radius 2 is 1.88 bits per heavy atom. The summed E-state index contributed by atoms with van der Waals surface area (Å²) in [5.74, 6) is -2.10. The summed E-state index contributed by atoms with van der Waals surface area (Å²) in [5, 5.41) is 18.4. The summed E-state index contributed by atoms with van der Waals surface area (Å²) in [4.78, 5) is 12.8. The molecule has 158 valence electrons. The second kappa shape index (κ2) is 7.85. The lowest BCUT2D eigenvalue weighted by Crippen LogP contribution is -2.25. The van der Waals surface area contributed by atoms with E-state index in [1.807, 2.05) is 42.6 Å². The van der Waals surface area contributed by atoms with Gasteiger partial charge in [0, 0.05) is 29.4 Å². The number of amides is 1. The molecule has 1 amide bonds. The monoisotopic (exact) mass is 429 g/mol. The average Bonchev–Trinajstić information content (AvgIpc) is 3.44. The Morgan fingerprint density at radius 1 is 1.09 bits per heavy atom. The third kappa shape index (κ3) is 3.28. The third-order valence-corrected chi connectivity index (χ3v) is 5.65. The average molecular weight is 429 g/mol. The number of fused-ring (bicyclic) bond motifs is 3. The number of rotatable bonds is 5. The fourth-order valence-corrected chi connectivity index (χ4v) is 4.18. The predicted molar refractivity (Wildman–Crippen MR) is 113 cm³/mol. The van der Waals surface area contributed by atoms with Crippen molar-refractivity contribution in [3.63, 3.8) is 0 Å². The summed E-state index contributed by atoms with van der Waals surface area (Å²) in [5.41, 5.74) is 2.38. The summed E-state index contributed by atoms with van der Waals surface area (Å²) >= 11 is 0. The minimum absolute atomic E-state index is 0.0217. The minimum Gasteiger partial charge on any atom is -0.267 e. The number of allylic oxidation sites excluding steroid dienone is 1. The van der Waals surface area contributed by atoms with E-state index < -0.39 is 23.5 Å². The molecular weight excluding hydrogens is 412 g/mol. The zero-order valence-corrected chi connectivity index (χ0v) is 16.9. The van der Waals surface area contributed by atoms with E-state index in [-0.39, 0.29) is 35.4 Å². The summed E-state index contributed by atoms with van der Waals surface area (Å²) in [6.45, 7) is 0.0992. The van der Waals surface area contributed by atoms with Crippen molar-refractivity contribution in [3.8, 4) is 11.8 Å². The third-order valence-electron chi connectivity index (χ3n) is 5.65. The Balaban J connectivity index is 1.53. The fourth-order valence-electron chi connectivity index (χ4n) is 4.18. The molecule has 32 heavy (non-hydrogen) atoms. The first-order valence-electron chi connectivity index (χ1n) is 10.1. The quantitative estimate of drug-likeness (QED) is 0.618. The van der Waals surface area contributed by atoms with Gasteiger partial charge < -0.3 is 0 Å². The maximum atomic E-state index is 14.9. The number of carbonyl (C=O) groups is 1. The molecule has 2 heterocycles. The van der Waals surface area contributed by atoms with Gasteiger partial charge in [-0.15, -0.1) is 0 Å². The van der Waals surface area contributed by atoms with E-state index in [1.54, 1.807) is 17.0 Å². The Labute approximate surface area is 182 Å². The van der Waals surface area contributed by atoms with Crippen molar-refractivity contribution in [2.45, 2.75) is 18.8 Å². The van der Waals surface area contributed by atoms with E-state index in [1.165, 1.54) is 0 Å². The van der Waals surface area contributed by atoms with E-state index in [9.17, 15) is 13.6 Å². The summed E-state index contributed by atoms with van der Waals surface area (Å²) in [7, 11) is 0. The summed E-state index contributed by atoms with van der Waals surface area (Å²) < 4.78 is 31.5. The Bertz CT molecular complexity index is 1300. The van der Waals surface area contributed by atoms with Crippen LogP contribution in [0.5, 0.6) is 0 Å². The van der Waals surface area contributed by atoms with Crippen molar-refractivity contribution in [1.82, 2.24) is 14.8 Å². The van der Waals surface area contributed by atoms with Gasteiger partial charge in [-0.1, -0.05) is 18.2 Å². The molecule has 2 aromatic carbocycles. The molecule has 1 aliphatic heterocycles. The first kappa shape index (κ1) is 19.8. The van der Waals surface area contributed by atoms with Crippen LogP contribution in [0.15, 0.2) is 71.6 Å². The number of carbonyl (C=O) groups excluding carboxylic acids is 1. The number of hydrogen-bond donors (Lipinski definition) is 0. The van der Waals surface area contributed by atoms with Crippen LogP contribution < -0.4 is 0 Å². The SMILES string of the molecule is N#CCCN1N=C2C(=CC(Cc3ccc(-n4cccn4)cc3)c3c(F)ccc(F)c32)C1=O. The molecule has 0 radical (unpaired) electrons. The van der Waals surface area contributed by atoms with Crippen LogP contribution in [0.3, 0.4) is 0 Å². The van der Waals surface area contributed by atoms with Gasteiger partial charge in [-0.25, -0.2) is 18.5 Å². The van der Waals surface area contributed by atoms with Crippen molar-refractivity contribution in [2.24, 2.45) is 5.10 Å². The molecule has 8 heteroatoms. The molecule has 3 aromatic rings. The van der Waals surface area contributed by atoms with Gasteiger partial charge in [-0.05, 0) is 42.3 Å². The maximum Gasteiger partial charge on any atom is 0.275 e. The van der Waals surface area contributed by atoms with Gasteiger partial charge >= 0.3 is 0 Å². The first-order valence-corrected chi connectivity index (χ1v) is 10.1. The van der Waals surface area contributed by atoms with Crippen molar-refractivity contribution in [1.29, 1.82) is 5.26 Å². The zero-order chi connectivity index (χ0) is 22.2. The fraction of sp³-hybridized carbons (Fsp3) is 0.167. The van der Waals surface area contributed by atoms with Gasteiger partial charge in [0.25, 0.3) is 5.91 Å². The topological polar surface area (TPSA) is 74.3 Å². The number of nitriles is 1. The van der Waals surface area contributed by atoms with E-state index in [0.29, 0.717) is 6.42 Å². The maximum absolute atomic E-state index is 14.9. The van der Waals surface area contributed by atoms with Crippen molar-refractivity contribution in [3.05, 3.63) is 94.8 Å². The number of hydrogen-bond acceptors (Lipinski definition) is 4. The highest BCUT2D eigenvalue weighted by molar-refractivity contribution is 6.32. The molecule has 1 aliphatic carbocycles. The standard InChI is InChI=1S/C24H17F2N5O/c25-19-7-8-20(26)22-21(19)16(14-18-23(22)29-31(24(18)32)11-1-9-27)13-15-3-5-17(6-4-15)30-12-2-10-28-30/h2-8,10,12,14,16H,1,11,13H2. The number of halogens is 2. The van der Waals surface area contributed by atoms with Gasteiger partial charge in [0.15, 0.2) is 0 Å². The van der Waals surface area contributed by atoms with Crippen LogP contribution in [-0.4, -0.2) is 33.0 Å². The molecule has 6 nitrogen and oxygen atoms in total. The molecule has 1 aromatic heterocycles. The highest BCUT2D eigenvalue weighted by atomic mass is 19.1. The molecule has 0 saturated heterocycles. The van der Waals surface area contributed by atoms with Gasteiger partial charge in [-0.3, -0.25) is 4.79 Å². The molecular formula is C24H17F2N5O. The highest BCUT2D eigenvalue weighted by Gasteiger charge is 2.39. The molecule has 2 aliphatic rings. The van der Waals surface area contributed by atoms with E-state index in [2.05, 4.69) is 10.2 Å². The van der Waals surface area contributed by atoms with Crippen LogP contribution in [0.2, 0.25) is 0 Å². The lowest BCUT2D eigenvalue weighted by molar-refractivity contribution is -0.125. The normalized spacial score (nSPS) is 16.8. The molecule has 5 rings (SSSR count). The Kier molecular flexibility index (Phi) is 4.86. The molecule has 1 unspecified atom stereocenters. The molecule has 0 spiro atoms. The first-order chi connectivity index (χ1) is 15.6. The number of nitrogens with zero attached hydrogens (tertiary/aromatic N) is 5. The molecule has 0 fully saturated rings. The van der Waals surface area contributed by atoms with Crippen molar-refractivity contribution < 1.29 is 13.6 Å². The van der Waals surface area contributed by atoms with Crippen LogP contribution in [0.25, 0.3) is 5.69 Å². The Morgan fingerprint density at radius 3 is 2.59 bits per heavy atom. The van der Waals surface area contributed by atoms with Gasteiger partial charge in [0.2, 0.25) is 0 Å². The lowest BCUT2D eigenvalue weighted by atomic mass is 9.79. The zero-order valence-electron chi connectivity index (χ0n) is 16.9. The van der Waals surface area contributed by atoms with E-state index >= 15 is 0 Å². The predicted octanol–water partition coefficient (Wildman–Crippen LogP) is 3.88. The smallest absolute Gasteiger partial charge is 0.267 e. The van der Waals surface area contributed by atoms with Crippen molar-refractivity contribution >= 4 is 11.6 Å². The number of aromatic nitrogens is 2. The van der Waals surface area contributed by atoms with E-state index in [0.717, 1.165) is 28.4 Å². The van der Waals surface area contributed by atoms with Crippen LogP contribution in [-0.2, 0) is 11.2 Å². The summed E-state index contributed by atoms with van der Waals surface area (Å²) in [6, 6.07) is 13.6. The molecule has 0 saturated carbocycles. The minimum atomic E-state index is -0.625. The van der Waals surface area contributed by atoms with Gasteiger partial charge in [-0.2, -0.15) is 15.5 Å². The van der Waals surface area contributed by atoms with Gasteiger partial charge in [0.1, 0.15) is 17.3 Å². The van der Waals surface area contributed by atoms with Gasteiger partial charge in [0.05, 0.1) is 30.3 Å². The molecule has 0 N–H and O–H groups in total. The second-order valence-corrected chi connectivity index (χ2v) is 7.61. The lowest BCUT2D eigenvalue weighted by Gasteiger charge is -2.24. The molecule has 1 atom stereocenters.